The van der Waals surface area contributed by atoms with Crippen molar-refractivity contribution in [3.05, 3.63) is 39.4 Å². The van der Waals surface area contributed by atoms with Gasteiger partial charge in [0.1, 0.15) is 5.82 Å². The molecule has 0 saturated heterocycles. The Balaban J connectivity index is 3.46. The lowest BCUT2D eigenvalue weighted by Gasteiger charge is -2.07. The SMILES string of the molecule is CC(C(=O)O)c1cc(F)cc(F)c1[N+](=O)[O-]. The summed E-state index contributed by atoms with van der Waals surface area (Å²) < 4.78 is 26.0. The predicted molar refractivity (Wildman–Crippen MR) is 49.1 cm³/mol. The van der Waals surface area contributed by atoms with Gasteiger partial charge in [0, 0.05) is 11.6 Å². The van der Waals surface area contributed by atoms with Gasteiger partial charge in [0.05, 0.1) is 10.8 Å². The van der Waals surface area contributed by atoms with Crippen LogP contribution in [0, 0.1) is 21.7 Å². The number of nitro benzene ring substituents is 1. The molecule has 0 bridgehead atoms. The van der Waals surface area contributed by atoms with Crippen molar-refractivity contribution in [1.29, 1.82) is 0 Å². The van der Waals surface area contributed by atoms with E-state index in [0.29, 0.717) is 12.1 Å². The Labute approximate surface area is 88.5 Å². The lowest BCUT2D eigenvalue weighted by molar-refractivity contribution is -0.388. The molecule has 7 heteroatoms. The lowest BCUT2D eigenvalue weighted by atomic mass is 9.99. The van der Waals surface area contributed by atoms with Crippen LogP contribution in [0.5, 0.6) is 0 Å². The predicted octanol–water partition coefficient (Wildman–Crippen LogP) is 2.06. The third-order valence-electron chi connectivity index (χ3n) is 2.08. The molecule has 0 heterocycles. The van der Waals surface area contributed by atoms with E-state index < -0.39 is 39.7 Å². The molecule has 5 nitrogen and oxygen atoms in total. The number of benzene rings is 1. The summed E-state index contributed by atoms with van der Waals surface area (Å²) in [4.78, 5) is 20.1. The monoisotopic (exact) mass is 231 g/mol. The first-order valence-electron chi connectivity index (χ1n) is 4.20. The maximum Gasteiger partial charge on any atom is 0.310 e. The quantitative estimate of drug-likeness (QED) is 0.637. The van der Waals surface area contributed by atoms with Crippen LogP contribution in [-0.2, 0) is 4.79 Å². The van der Waals surface area contributed by atoms with E-state index in [9.17, 15) is 23.7 Å². The van der Waals surface area contributed by atoms with Crippen molar-refractivity contribution in [1.82, 2.24) is 0 Å². The van der Waals surface area contributed by atoms with Crippen molar-refractivity contribution < 1.29 is 23.6 Å². The Hall–Kier alpha value is -2.05. The summed E-state index contributed by atoms with van der Waals surface area (Å²) in [5.41, 5.74) is -1.49. The normalized spacial score (nSPS) is 12.2. The molecule has 1 unspecified atom stereocenters. The Morgan fingerprint density at radius 3 is 2.50 bits per heavy atom. The maximum absolute atomic E-state index is 13.1. The van der Waals surface area contributed by atoms with Gasteiger partial charge in [0.2, 0.25) is 5.82 Å². The number of nitro groups is 1. The molecule has 0 aliphatic carbocycles. The fourth-order valence-electron chi connectivity index (χ4n) is 1.24. The molecule has 0 spiro atoms. The summed E-state index contributed by atoms with van der Waals surface area (Å²) in [6.07, 6.45) is 0. The summed E-state index contributed by atoms with van der Waals surface area (Å²) in [7, 11) is 0. The molecule has 86 valence electrons. The van der Waals surface area contributed by atoms with Gasteiger partial charge in [-0.3, -0.25) is 14.9 Å². The van der Waals surface area contributed by atoms with Crippen molar-refractivity contribution in [2.45, 2.75) is 12.8 Å². The average Bonchev–Trinajstić information content (AvgIpc) is 2.14. The molecule has 16 heavy (non-hydrogen) atoms. The smallest absolute Gasteiger partial charge is 0.310 e. The van der Waals surface area contributed by atoms with Crippen LogP contribution in [0.4, 0.5) is 14.5 Å². The topological polar surface area (TPSA) is 80.4 Å². The standard InChI is InChI=1S/C9H7F2NO4/c1-4(9(13)14)6-2-5(10)3-7(11)8(6)12(15)16/h2-4H,1H3,(H,13,14). The van der Waals surface area contributed by atoms with Gasteiger partial charge in [0.25, 0.3) is 0 Å². The first kappa shape index (κ1) is 12.0. The highest BCUT2D eigenvalue weighted by Gasteiger charge is 2.28. The van der Waals surface area contributed by atoms with Crippen LogP contribution < -0.4 is 0 Å². The number of rotatable bonds is 3. The number of hydrogen-bond acceptors (Lipinski definition) is 3. The zero-order valence-corrected chi connectivity index (χ0v) is 8.11. The first-order chi connectivity index (χ1) is 7.34. The number of carboxylic acids is 1. The van der Waals surface area contributed by atoms with E-state index in [0.717, 1.165) is 6.92 Å². The van der Waals surface area contributed by atoms with Gasteiger partial charge in [-0.2, -0.15) is 4.39 Å². The van der Waals surface area contributed by atoms with Crippen LogP contribution in [0.1, 0.15) is 18.4 Å². The van der Waals surface area contributed by atoms with Crippen molar-refractivity contribution in [2.24, 2.45) is 0 Å². The van der Waals surface area contributed by atoms with E-state index in [4.69, 9.17) is 5.11 Å². The van der Waals surface area contributed by atoms with Crippen molar-refractivity contribution in [3.63, 3.8) is 0 Å². The second-order valence-corrected chi connectivity index (χ2v) is 3.14. The van der Waals surface area contributed by atoms with E-state index in [-0.39, 0.29) is 0 Å². The maximum atomic E-state index is 13.1. The van der Waals surface area contributed by atoms with Crippen molar-refractivity contribution in [3.8, 4) is 0 Å². The van der Waals surface area contributed by atoms with E-state index in [1.165, 1.54) is 0 Å². The summed E-state index contributed by atoms with van der Waals surface area (Å²) in [6, 6.07) is 0.996. The van der Waals surface area contributed by atoms with Gasteiger partial charge in [-0.15, -0.1) is 0 Å². The summed E-state index contributed by atoms with van der Waals surface area (Å²) in [5, 5.41) is 19.2. The molecule has 0 aromatic heterocycles. The molecule has 0 aliphatic rings. The number of carboxylic acid groups (broad SMARTS) is 1. The molecule has 1 atom stereocenters. The van der Waals surface area contributed by atoms with Crippen LogP contribution in [0.25, 0.3) is 0 Å². The van der Waals surface area contributed by atoms with Gasteiger partial charge < -0.3 is 5.11 Å². The minimum Gasteiger partial charge on any atom is -0.481 e. The number of aliphatic carboxylic acids is 1. The zero-order chi connectivity index (χ0) is 12.5. The third-order valence-corrected chi connectivity index (χ3v) is 2.08. The van der Waals surface area contributed by atoms with Crippen LogP contribution in [-0.4, -0.2) is 16.0 Å². The molecule has 0 amide bonds. The molecular weight excluding hydrogens is 224 g/mol. The Bertz CT molecular complexity index is 461. The van der Waals surface area contributed by atoms with Crippen LogP contribution >= 0.6 is 0 Å². The molecule has 1 aromatic rings. The molecule has 0 saturated carbocycles. The van der Waals surface area contributed by atoms with Gasteiger partial charge in [0.15, 0.2) is 0 Å². The fourth-order valence-corrected chi connectivity index (χ4v) is 1.24. The highest BCUT2D eigenvalue weighted by molar-refractivity contribution is 5.77. The van der Waals surface area contributed by atoms with E-state index in [2.05, 4.69) is 0 Å². The number of halogens is 2. The Morgan fingerprint density at radius 2 is 2.06 bits per heavy atom. The van der Waals surface area contributed by atoms with Gasteiger partial charge >= 0.3 is 11.7 Å². The van der Waals surface area contributed by atoms with E-state index in [1.54, 1.807) is 0 Å². The minimum absolute atomic E-state index is 0.343. The molecule has 1 rings (SSSR count). The highest BCUT2D eigenvalue weighted by atomic mass is 19.1. The summed E-state index contributed by atoms with van der Waals surface area (Å²) >= 11 is 0. The van der Waals surface area contributed by atoms with Crippen LogP contribution in [0.3, 0.4) is 0 Å². The Kier molecular flexibility index (Phi) is 3.17. The van der Waals surface area contributed by atoms with E-state index >= 15 is 0 Å². The molecule has 0 fully saturated rings. The number of hydrogen-bond donors (Lipinski definition) is 1. The molecule has 1 N–H and O–H groups in total. The molecular formula is C9H7F2NO4. The van der Waals surface area contributed by atoms with Crippen molar-refractivity contribution >= 4 is 11.7 Å². The summed E-state index contributed by atoms with van der Waals surface area (Å²) in [6.45, 7) is 1.11. The zero-order valence-electron chi connectivity index (χ0n) is 8.11. The van der Waals surface area contributed by atoms with E-state index in [1.807, 2.05) is 0 Å². The van der Waals surface area contributed by atoms with Gasteiger partial charge in [-0.25, -0.2) is 4.39 Å². The average molecular weight is 231 g/mol. The van der Waals surface area contributed by atoms with Crippen LogP contribution in [0.2, 0.25) is 0 Å². The second-order valence-electron chi connectivity index (χ2n) is 3.14. The largest absolute Gasteiger partial charge is 0.481 e. The van der Waals surface area contributed by atoms with Gasteiger partial charge in [-0.1, -0.05) is 0 Å². The van der Waals surface area contributed by atoms with Crippen molar-refractivity contribution in [2.75, 3.05) is 0 Å². The number of carbonyl (C=O) groups is 1. The summed E-state index contributed by atoms with van der Waals surface area (Å²) in [5.74, 6) is -5.18. The minimum atomic E-state index is -1.40. The second kappa shape index (κ2) is 4.21. The van der Waals surface area contributed by atoms with Gasteiger partial charge in [-0.05, 0) is 13.0 Å². The lowest BCUT2D eigenvalue weighted by Crippen LogP contribution is -2.11. The first-order valence-corrected chi connectivity index (χ1v) is 4.20. The molecule has 0 radical (unpaired) electrons. The Morgan fingerprint density at radius 1 is 1.50 bits per heavy atom. The molecule has 0 aliphatic heterocycles. The van der Waals surface area contributed by atoms with Crippen LogP contribution in [0.15, 0.2) is 12.1 Å². The highest BCUT2D eigenvalue weighted by Crippen LogP contribution is 2.30. The third kappa shape index (κ3) is 2.13. The number of nitrogens with zero attached hydrogens (tertiary/aromatic N) is 1. The fraction of sp³-hybridized carbons (Fsp3) is 0.222. The molecule has 1 aromatic carbocycles.